The Morgan fingerprint density at radius 3 is 2.14 bits per heavy atom. The third kappa shape index (κ3) is 1.70. The summed E-state index contributed by atoms with van der Waals surface area (Å²) >= 11 is 0. The zero-order valence-electron chi connectivity index (χ0n) is 7.21. The minimum atomic E-state index is -2.49. The van der Waals surface area contributed by atoms with Gasteiger partial charge < -0.3 is 4.42 Å². The van der Waals surface area contributed by atoms with Crippen molar-refractivity contribution in [2.45, 2.75) is 4.90 Å². The molecule has 2 rings (SSSR count). The van der Waals surface area contributed by atoms with E-state index in [2.05, 4.69) is 0 Å². The van der Waals surface area contributed by atoms with Gasteiger partial charge in [0.05, 0.1) is 17.4 Å². The van der Waals surface area contributed by atoms with E-state index in [0.29, 0.717) is 4.90 Å². The van der Waals surface area contributed by atoms with Crippen LogP contribution in [0.5, 0.6) is 0 Å². The van der Waals surface area contributed by atoms with Crippen LogP contribution in [0.4, 0.5) is 0 Å². The smallest absolute Gasteiger partial charge is 0.168 e. The Bertz CT molecular complexity index is 473. The van der Waals surface area contributed by atoms with E-state index < -0.39 is 10.7 Å². The molecule has 14 heavy (non-hydrogen) atoms. The number of hydrogen-bond donors (Lipinski definition) is 1. The van der Waals surface area contributed by atoms with Gasteiger partial charge in [0.1, 0.15) is 0 Å². The van der Waals surface area contributed by atoms with Crippen molar-refractivity contribution < 1.29 is 12.8 Å². The fourth-order valence-electron chi connectivity index (χ4n) is 1.20. The molecule has 0 aliphatic heterocycles. The van der Waals surface area contributed by atoms with Crippen molar-refractivity contribution in [2.24, 2.45) is 0 Å². The number of rotatable bonds is 2. The summed E-state index contributed by atoms with van der Waals surface area (Å²) < 4.78 is 26.2. The van der Waals surface area contributed by atoms with Gasteiger partial charge in [0.15, 0.2) is 10.7 Å². The van der Waals surface area contributed by atoms with E-state index in [1.54, 1.807) is 36.8 Å². The molecule has 0 saturated carbocycles. The first kappa shape index (κ1) is 9.02. The molecule has 0 bridgehead atoms. The molecule has 4 heteroatoms. The predicted molar refractivity (Wildman–Crippen MR) is 52.7 cm³/mol. The summed E-state index contributed by atoms with van der Waals surface area (Å²) in [7, 11) is -2.49. The SMILES string of the molecule is O=[SH](=O)c1ccc(-c2ccoc2)cc1. The first-order chi connectivity index (χ1) is 6.77. The standard InChI is InChI=1S/C10H8O3S/c11-14(12)10-3-1-8(2-4-10)9-5-6-13-7-9/h1-7,14H. The summed E-state index contributed by atoms with van der Waals surface area (Å²) in [5, 5.41) is 0. The van der Waals surface area contributed by atoms with Gasteiger partial charge in [0.25, 0.3) is 0 Å². The second kappa shape index (κ2) is 3.67. The Morgan fingerprint density at radius 1 is 0.929 bits per heavy atom. The zero-order valence-corrected chi connectivity index (χ0v) is 8.11. The molecule has 0 unspecified atom stereocenters. The lowest BCUT2D eigenvalue weighted by molar-refractivity contribution is 0.568. The Kier molecular flexibility index (Phi) is 2.37. The van der Waals surface area contributed by atoms with Gasteiger partial charge in [-0.25, -0.2) is 8.42 Å². The maximum absolute atomic E-state index is 10.6. The van der Waals surface area contributed by atoms with Crippen molar-refractivity contribution in [2.75, 3.05) is 0 Å². The van der Waals surface area contributed by atoms with Crippen LogP contribution >= 0.6 is 0 Å². The molecule has 2 aromatic rings. The van der Waals surface area contributed by atoms with Gasteiger partial charge in [-0.3, -0.25) is 0 Å². The van der Waals surface area contributed by atoms with E-state index in [-0.39, 0.29) is 0 Å². The lowest BCUT2D eigenvalue weighted by Crippen LogP contribution is -1.79. The number of furan rings is 1. The number of hydrogen-bond acceptors (Lipinski definition) is 3. The van der Waals surface area contributed by atoms with E-state index in [9.17, 15) is 8.42 Å². The maximum atomic E-state index is 10.6. The lowest BCUT2D eigenvalue weighted by atomic mass is 10.1. The van der Waals surface area contributed by atoms with Crippen molar-refractivity contribution >= 4 is 10.7 Å². The van der Waals surface area contributed by atoms with E-state index in [1.165, 1.54) is 0 Å². The Hall–Kier alpha value is -1.55. The number of thiol groups is 1. The monoisotopic (exact) mass is 208 g/mol. The average molecular weight is 208 g/mol. The molecule has 0 spiro atoms. The van der Waals surface area contributed by atoms with Gasteiger partial charge in [-0.2, -0.15) is 0 Å². The third-order valence-electron chi connectivity index (χ3n) is 1.93. The van der Waals surface area contributed by atoms with Crippen LogP contribution < -0.4 is 0 Å². The molecule has 0 fully saturated rings. The molecule has 0 aliphatic carbocycles. The molecule has 0 atom stereocenters. The highest BCUT2D eigenvalue weighted by Crippen LogP contribution is 2.20. The Balaban J connectivity index is 2.40. The zero-order chi connectivity index (χ0) is 9.97. The minimum Gasteiger partial charge on any atom is -0.472 e. The van der Waals surface area contributed by atoms with E-state index in [4.69, 9.17) is 4.42 Å². The maximum Gasteiger partial charge on any atom is 0.168 e. The van der Waals surface area contributed by atoms with E-state index >= 15 is 0 Å². The van der Waals surface area contributed by atoms with Crippen LogP contribution in [0.3, 0.4) is 0 Å². The van der Waals surface area contributed by atoms with Gasteiger partial charge in [0.2, 0.25) is 0 Å². The fourth-order valence-corrected chi connectivity index (χ4v) is 1.60. The molecule has 3 nitrogen and oxygen atoms in total. The minimum absolute atomic E-state index is 0.326. The van der Waals surface area contributed by atoms with Gasteiger partial charge in [0, 0.05) is 5.56 Å². The van der Waals surface area contributed by atoms with Crippen LogP contribution in [0, 0.1) is 0 Å². The summed E-state index contributed by atoms with van der Waals surface area (Å²) in [4.78, 5) is 0.326. The van der Waals surface area contributed by atoms with Crippen LogP contribution in [-0.2, 0) is 10.7 Å². The van der Waals surface area contributed by atoms with Crippen LogP contribution in [0.25, 0.3) is 11.1 Å². The molecular weight excluding hydrogens is 200 g/mol. The quantitative estimate of drug-likeness (QED) is 0.767. The highest BCUT2D eigenvalue weighted by atomic mass is 32.2. The highest BCUT2D eigenvalue weighted by Gasteiger charge is 1.99. The Morgan fingerprint density at radius 2 is 1.64 bits per heavy atom. The molecule has 1 heterocycles. The largest absolute Gasteiger partial charge is 0.472 e. The molecular formula is C10H8O3S. The van der Waals surface area contributed by atoms with Crippen LogP contribution in [0.1, 0.15) is 0 Å². The van der Waals surface area contributed by atoms with Gasteiger partial charge >= 0.3 is 0 Å². The molecule has 0 amide bonds. The summed E-state index contributed by atoms with van der Waals surface area (Å²) in [5.74, 6) is 0. The van der Waals surface area contributed by atoms with Crippen LogP contribution in [0.2, 0.25) is 0 Å². The van der Waals surface area contributed by atoms with E-state index in [1.807, 2.05) is 6.07 Å². The molecule has 1 aromatic carbocycles. The predicted octanol–water partition coefficient (Wildman–Crippen LogP) is 1.92. The molecule has 72 valence electrons. The summed E-state index contributed by atoms with van der Waals surface area (Å²) in [6.07, 6.45) is 3.20. The highest BCUT2D eigenvalue weighted by molar-refractivity contribution is 7.72. The molecule has 0 N–H and O–H groups in total. The van der Waals surface area contributed by atoms with Crippen molar-refractivity contribution in [1.82, 2.24) is 0 Å². The Labute approximate surface area is 82.9 Å². The van der Waals surface area contributed by atoms with Gasteiger partial charge in [-0.15, -0.1) is 0 Å². The molecule has 1 aromatic heterocycles. The second-order valence-corrected chi connectivity index (χ2v) is 3.85. The molecule has 0 saturated heterocycles. The normalized spacial score (nSPS) is 10.6. The van der Waals surface area contributed by atoms with Crippen molar-refractivity contribution in [3.63, 3.8) is 0 Å². The summed E-state index contributed by atoms with van der Waals surface area (Å²) in [6, 6.07) is 8.49. The number of benzene rings is 1. The van der Waals surface area contributed by atoms with Crippen molar-refractivity contribution in [3.8, 4) is 11.1 Å². The topological polar surface area (TPSA) is 47.3 Å². The summed E-state index contributed by atoms with van der Waals surface area (Å²) in [6.45, 7) is 0. The van der Waals surface area contributed by atoms with Gasteiger partial charge in [-0.1, -0.05) is 12.1 Å². The lowest BCUT2D eigenvalue weighted by Gasteiger charge is -1.96. The summed E-state index contributed by atoms with van der Waals surface area (Å²) in [5.41, 5.74) is 1.89. The molecule has 0 aliphatic rings. The third-order valence-corrected chi connectivity index (χ3v) is 2.65. The first-order valence-corrected chi connectivity index (χ1v) is 5.22. The van der Waals surface area contributed by atoms with E-state index in [0.717, 1.165) is 11.1 Å². The van der Waals surface area contributed by atoms with Crippen molar-refractivity contribution in [1.29, 1.82) is 0 Å². The second-order valence-electron chi connectivity index (χ2n) is 2.82. The van der Waals surface area contributed by atoms with Crippen LogP contribution in [-0.4, -0.2) is 8.42 Å². The van der Waals surface area contributed by atoms with Crippen molar-refractivity contribution in [3.05, 3.63) is 42.9 Å². The van der Waals surface area contributed by atoms with Crippen LogP contribution in [0.15, 0.2) is 52.2 Å². The molecule has 0 radical (unpaired) electrons. The van der Waals surface area contributed by atoms with Gasteiger partial charge in [-0.05, 0) is 23.8 Å². The first-order valence-electron chi connectivity index (χ1n) is 4.04. The average Bonchev–Trinajstić information content (AvgIpc) is 2.71. The fraction of sp³-hybridized carbons (Fsp3) is 0.